The molecule has 0 aliphatic heterocycles. The van der Waals surface area contributed by atoms with Gasteiger partial charge in [-0.1, -0.05) is 34.1 Å². The smallest absolute Gasteiger partial charge is 0.251 e. The Labute approximate surface area is 152 Å². The van der Waals surface area contributed by atoms with Gasteiger partial charge in [-0.3, -0.25) is 4.79 Å². The highest BCUT2D eigenvalue weighted by Gasteiger charge is 2.06. The third-order valence-electron chi connectivity index (χ3n) is 4.33. The van der Waals surface area contributed by atoms with E-state index in [9.17, 15) is 4.79 Å². The fourth-order valence-corrected chi connectivity index (χ4v) is 3.46. The minimum absolute atomic E-state index is 0.0271. The Kier molecular flexibility index (Phi) is 3.87. The fourth-order valence-electron chi connectivity index (χ4n) is 3.08. The number of hydrogen-bond donors (Lipinski definition) is 0. The summed E-state index contributed by atoms with van der Waals surface area (Å²) in [6.07, 6.45) is 0. The van der Waals surface area contributed by atoms with Gasteiger partial charge in [0.2, 0.25) is 0 Å². The van der Waals surface area contributed by atoms with Gasteiger partial charge in [0.25, 0.3) is 5.56 Å². The van der Waals surface area contributed by atoms with Crippen LogP contribution in [0.15, 0.2) is 76.0 Å². The fraction of sp³-hybridized carbons (Fsp3) is 0.0476. The van der Waals surface area contributed by atoms with E-state index in [1.54, 1.807) is 10.6 Å². The molecule has 0 saturated heterocycles. The number of fused-ring (bicyclic) bond motifs is 2. The number of halogens is 1. The number of benzene rings is 3. The van der Waals surface area contributed by atoms with Crippen LogP contribution in [-0.4, -0.2) is 4.57 Å². The summed E-state index contributed by atoms with van der Waals surface area (Å²) in [5, 5.41) is 12.2. The Morgan fingerprint density at radius 2 is 1.68 bits per heavy atom. The summed E-state index contributed by atoms with van der Waals surface area (Å²) >= 11 is 3.47. The molecule has 0 spiro atoms. The molecule has 1 heterocycles. The lowest BCUT2D eigenvalue weighted by atomic mass is 10.0. The van der Waals surface area contributed by atoms with E-state index in [0.29, 0.717) is 12.1 Å². The first kappa shape index (κ1) is 15.6. The average molecular weight is 389 g/mol. The lowest BCUT2D eigenvalue weighted by Gasteiger charge is -2.11. The SMILES string of the molecule is N#Cc1ccc2ccc(Cn3c(=O)ccc4cc(Br)ccc43)cc2c1. The highest BCUT2D eigenvalue weighted by atomic mass is 79.9. The Bertz CT molecular complexity index is 1220. The molecule has 3 aromatic carbocycles. The molecule has 3 nitrogen and oxygen atoms in total. The minimum Gasteiger partial charge on any atom is -0.304 e. The summed E-state index contributed by atoms with van der Waals surface area (Å²) in [5.41, 5.74) is 2.54. The van der Waals surface area contributed by atoms with E-state index in [-0.39, 0.29) is 5.56 Å². The Hall–Kier alpha value is -2.90. The van der Waals surface area contributed by atoms with Crippen LogP contribution in [0.3, 0.4) is 0 Å². The van der Waals surface area contributed by atoms with Crippen molar-refractivity contribution in [2.75, 3.05) is 0 Å². The molecule has 0 atom stereocenters. The van der Waals surface area contributed by atoms with Gasteiger partial charge >= 0.3 is 0 Å². The van der Waals surface area contributed by atoms with Crippen molar-refractivity contribution < 1.29 is 0 Å². The molecule has 0 fully saturated rings. The highest BCUT2D eigenvalue weighted by Crippen LogP contribution is 2.21. The van der Waals surface area contributed by atoms with Crippen LogP contribution in [0, 0.1) is 11.3 Å². The molecule has 0 radical (unpaired) electrons. The second kappa shape index (κ2) is 6.19. The van der Waals surface area contributed by atoms with Gasteiger partial charge < -0.3 is 4.57 Å². The summed E-state index contributed by atoms with van der Waals surface area (Å²) in [6, 6.07) is 23.2. The molecule has 4 heteroatoms. The van der Waals surface area contributed by atoms with Crippen molar-refractivity contribution in [2.45, 2.75) is 6.54 Å². The summed E-state index contributed by atoms with van der Waals surface area (Å²) in [7, 11) is 0. The molecule has 120 valence electrons. The number of rotatable bonds is 2. The van der Waals surface area contributed by atoms with Gasteiger partial charge in [-0.15, -0.1) is 0 Å². The second-order valence-corrected chi connectivity index (χ2v) is 6.88. The van der Waals surface area contributed by atoms with Gasteiger partial charge in [0.15, 0.2) is 0 Å². The minimum atomic E-state index is -0.0271. The number of nitrogens with zero attached hydrogens (tertiary/aromatic N) is 2. The monoisotopic (exact) mass is 388 g/mol. The molecule has 0 saturated carbocycles. The largest absolute Gasteiger partial charge is 0.304 e. The molecule has 0 aliphatic rings. The standard InChI is InChI=1S/C21H13BrN2O/c22-19-6-7-20-17(11-19)5-8-21(25)24(20)13-15-2-4-16-3-1-14(12-23)9-18(16)10-15/h1-11H,13H2. The molecule has 1 aromatic heterocycles. The third-order valence-corrected chi connectivity index (χ3v) is 4.82. The van der Waals surface area contributed by atoms with Gasteiger partial charge in [0, 0.05) is 10.5 Å². The summed E-state index contributed by atoms with van der Waals surface area (Å²) in [5.74, 6) is 0. The zero-order valence-corrected chi connectivity index (χ0v) is 14.8. The zero-order chi connectivity index (χ0) is 17.4. The van der Waals surface area contributed by atoms with Crippen molar-refractivity contribution in [1.82, 2.24) is 4.57 Å². The Morgan fingerprint density at radius 3 is 2.52 bits per heavy atom. The molecule has 0 amide bonds. The predicted molar refractivity (Wildman–Crippen MR) is 104 cm³/mol. The van der Waals surface area contributed by atoms with E-state index in [4.69, 9.17) is 5.26 Å². The van der Waals surface area contributed by atoms with Crippen LogP contribution in [-0.2, 0) is 6.54 Å². The molecular formula is C21H13BrN2O. The quantitative estimate of drug-likeness (QED) is 0.493. The average Bonchev–Trinajstić information content (AvgIpc) is 2.63. The van der Waals surface area contributed by atoms with E-state index in [2.05, 4.69) is 22.0 Å². The van der Waals surface area contributed by atoms with Crippen LogP contribution in [0.25, 0.3) is 21.7 Å². The number of nitriles is 1. The zero-order valence-electron chi connectivity index (χ0n) is 13.2. The Morgan fingerprint density at radius 1 is 0.880 bits per heavy atom. The third kappa shape index (κ3) is 2.95. The van der Waals surface area contributed by atoms with Crippen molar-refractivity contribution in [3.8, 4) is 6.07 Å². The molecule has 0 aliphatic carbocycles. The van der Waals surface area contributed by atoms with Crippen molar-refractivity contribution in [3.05, 3.63) is 92.7 Å². The number of hydrogen-bond acceptors (Lipinski definition) is 2. The van der Waals surface area contributed by atoms with E-state index < -0.39 is 0 Å². The first-order chi connectivity index (χ1) is 12.1. The van der Waals surface area contributed by atoms with Crippen molar-refractivity contribution >= 4 is 37.6 Å². The molecule has 4 rings (SSSR count). The lowest BCUT2D eigenvalue weighted by molar-refractivity contribution is 0.796. The summed E-state index contributed by atoms with van der Waals surface area (Å²) in [4.78, 5) is 12.4. The van der Waals surface area contributed by atoms with Crippen LogP contribution >= 0.6 is 15.9 Å². The molecule has 0 bridgehead atoms. The van der Waals surface area contributed by atoms with Gasteiger partial charge in [-0.25, -0.2) is 0 Å². The predicted octanol–water partition coefficient (Wildman–Crippen LogP) is 4.84. The summed E-state index contributed by atoms with van der Waals surface area (Å²) < 4.78 is 2.76. The number of aromatic nitrogens is 1. The van der Waals surface area contributed by atoms with Gasteiger partial charge in [0.1, 0.15) is 0 Å². The molecule has 0 unspecified atom stereocenters. The maximum Gasteiger partial charge on any atom is 0.251 e. The first-order valence-electron chi connectivity index (χ1n) is 7.86. The maximum atomic E-state index is 12.4. The van der Waals surface area contributed by atoms with Crippen LogP contribution in [0.5, 0.6) is 0 Å². The van der Waals surface area contributed by atoms with Crippen LogP contribution < -0.4 is 5.56 Å². The van der Waals surface area contributed by atoms with Crippen molar-refractivity contribution in [2.24, 2.45) is 0 Å². The van der Waals surface area contributed by atoms with Gasteiger partial charge in [0.05, 0.1) is 23.7 Å². The first-order valence-corrected chi connectivity index (χ1v) is 8.65. The van der Waals surface area contributed by atoms with E-state index in [0.717, 1.165) is 31.7 Å². The number of pyridine rings is 1. The Balaban J connectivity index is 1.84. The molecule has 25 heavy (non-hydrogen) atoms. The van der Waals surface area contributed by atoms with E-state index in [1.807, 2.05) is 60.7 Å². The van der Waals surface area contributed by atoms with Crippen molar-refractivity contribution in [1.29, 1.82) is 5.26 Å². The molecular weight excluding hydrogens is 376 g/mol. The molecule has 4 aromatic rings. The summed E-state index contributed by atoms with van der Waals surface area (Å²) in [6.45, 7) is 0.491. The van der Waals surface area contributed by atoms with E-state index >= 15 is 0 Å². The van der Waals surface area contributed by atoms with E-state index in [1.165, 1.54) is 0 Å². The topological polar surface area (TPSA) is 45.8 Å². The maximum absolute atomic E-state index is 12.4. The van der Waals surface area contributed by atoms with Gasteiger partial charge in [-0.2, -0.15) is 5.26 Å². The normalized spacial score (nSPS) is 10.9. The van der Waals surface area contributed by atoms with Crippen LogP contribution in [0.1, 0.15) is 11.1 Å². The van der Waals surface area contributed by atoms with Gasteiger partial charge in [-0.05, 0) is 64.2 Å². The van der Waals surface area contributed by atoms with Crippen molar-refractivity contribution in [3.63, 3.8) is 0 Å². The van der Waals surface area contributed by atoms with Crippen LogP contribution in [0.2, 0.25) is 0 Å². The second-order valence-electron chi connectivity index (χ2n) is 5.97. The lowest BCUT2D eigenvalue weighted by Crippen LogP contribution is -2.19. The highest BCUT2D eigenvalue weighted by molar-refractivity contribution is 9.10. The van der Waals surface area contributed by atoms with Crippen LogP contribution in [0.4, 0.5) is 0 Å². The molecule has 0 N–H and O–H groups in total.